The van der Waals surface area contributed by atoms with E-state index >= 15 is 0 Å². The van der Waals surface area contributed by atoms with E-state index in [1.54, 1.807) is 0 Å². The van der Waals surface area contributed by atoms with Crippen LogP contribution in [0.2, 0.25) is 0 Å². The number of hydrogen-bond donors (Lipinski definition) is 3. The number of nitrogens with two attached hydrogens (primary N) is 1. The van der Waals surface area contributed by atoms with Gasteiger partial charge in [0.05, 0.1) is 6.04 Å². The largest absolute Gasteiger partial charge is 0.346 e. The lowest BCUT2D eigenvalue weighted by Gasteiger charge is -2.19. The van der Waals surface area contributed by atoms with Gasteiger partial charge in [-0.2, -0.15) is 0 Å². The molecule has 0 fully saturated rings. The van der Waals surface area contributed by atoms with Crippen molar-refractivity contribution >= 4 is 11.7 Å². The molecule has 0 bridgehead atoms. The minimum absolute atomic E-state index is 0. The molecule has 5 nitrogen and oxygen atoms in total. The predicted octanol–water partition coefficient (Wildman–Crippen LogP) is 2.98. The van der Waals surface area contributed by atoms with Gasteiger partial charge in [0.25, 0.3) is 0 Å². The normalized spacial score (nSPS) is 11.9. The second-order valence-corrected chi connectivity index (χ2v) is 5.82. The Morgan fingerprint density at radius 3 is 2.14 bits per heavy atom. The van der Waals surface area contributed by atoms with Crippen molar-refractivity contribution < 1.29 is 13.9 Å². The third-order valence-electron chi connectivity index (χ3n) is 3.09. The number of hydrogen-bond acceptors (Lipinski definition) is 4. The maximum atomic E-state index is 12.1. The van der Waals surface area contributed by atoms with Crippen molar-refractivity contribution in [3.63, 3.8) is 0 Å². The molecule has 5 heteroatoms. The van der Waals surface area contributed by atoms with Gasteiger partial charge in [0.1, 0.15) is 0 Å². The molecule has 0 aliphatic rings. The summed E-state index contributed by atoms with van der Waals surface area (Å²) in [6, 6.07) is 0.112. The van der Waals surface area contributed by atoms with Gasteiger partial charge in [0.2, 0.25) is 5.91 Å². The fourth-order valence-electron chi connectivity index (χ4n) is 1.95. The molecule has 0 saturated carbocycles. The fourth-order valence-corrected chi connectivity index (χ4v) is 1.95. The second-order valence-electron chi connectivity index (χ2n) is 5.82. The monoisotopic (exact) mass is 321 g/mol. The van der Waals surface area contributed by atoms with E-state index in [0.29, 0.717) is 19.0 Å². The van der Waals surface area contributed by atoms with E-state index in [1.165, 1.54) is 0 Å². The van der Waals surface area contributed by atoms with E-state index in [-0.39, 0.29) is 34.4 Å². The first-order valence-corrected chi connectivity index (χ1v) is 8.65. The van der Waals surface area contributed by atoms with Crippen LogP contribution in [-0.4, -0.2) is 36.9 Å². The summed E-state index contributed by atoms with van der Waals surface area (Å²) < 4.78 is 0. The van der Waals surface area contributed by atoms with Crippen LogP contribution < -0.4 is 16.4 Å². The third-order valence-corrected chi connectivity index (χ3v) is 3.09. The van der Waals surface area contributed by atoms with Crippen LogP contribution in [0.15, 0.2) is 0 Å². The van der Waals surface area contributed by atoms with Crippen molar-refractivity contribution in [3.8, 4) is 0 Å². The van der Waals surface area contributed by atoms with Gasteiger partial charge in [-0.05, 0) is 25.8 Å². The molecule has 0 aromatic carbocycles. The standard InChI is InChI=1S/C15H31N3O2.C2H6.3H2/c1-11(2)15(20)13(18-14(19)8-9-16)7-5-6-10-17-12(3)4;1-2;;;/h11-13,17H,5-10,16H2,1-4H3,(H,18,19);1-2H3;3*1H. The molecule has 0 spiro atoms. The molecule has 0 heterocycles. The quantitative estimate of drug-likeness (QED) is 0.511. The van der Waals surface area contributed by atoms with E-state index in [2.05, 4.69) is 24.5 Å². The molecule has 0 aromatic heterocycles. The third kappa shape index (κ3) is 12.8. The summed E-state index contributed by atoms with van der Waals surface area (Å²) in [6.45, 7) is 13.2. The van der Waals surface area contributed by atoms with Crippen molar-refractivity contribution in [2.45, 2.75) is 79.3 Å². The molecule has 1 amide bonds. The van der Waals surface area contributed by atoms with Crippen LogP contribution in [0.4, 0.5) is 0 Å². The summed E-state index contributed by atoms with van der Waals surface area (Å²) in [5.41, 5.74) is 5.36. The highest BCUT2D eigenvalue weighted by atomic mass is 16.2. The van der Waals surface area contributed by atoms with Crippen LogP contribution in [0.3, 0.4) is 0 Å². The van der Waals surface area contributed by atoms with Gasteiger partial charge in [0.15, 0.2) is 5.78 Å². The number of carbonyl (C=O) groups excluding carboxylic acids is 2. The summed E-state index contributed by atoms with van der Waals surface area (Å²) in [7, 11) is 0. The molecule has 0 aliphatic carbocycles. The highest BCUT2D eigenvalue weighted by Crippen LogP contribution is 2.08. The molecule has 0 aliphatic heterocycles. The second kappa shape index (κ2) is 15.0. The van der Waals surface area contributed by atoms with Crippen LogP contribution in [0.25, 0.3) is 0 Å². The predicted molar refractivity (Wildman–Crippen MR) is 100 cm³/mol. The minimum Gasteiger partial charge on any atom is -0.346 e. The van der Waals surface area contributed by atoms with Crippen molar-refractivity contribution in [1.82, 2.24) is 10.6 Å². The summed E-state index contributed by atoms with van der Waals surface area (Å²) in [6.07, 6.45) is 2.91. The fraction of sp³-hybridized carbons (Fsp3) is 0.882. The Kier molecular flexibility index (Phi) is 15.9. The molecule has 0 radical (unpaired) electrons. The number of carbonyl (C=O) groups is 2. The van der Waals surface area contributed by atoms with Gasteiger partial charge >= 0.3 is 0 Å². The number of nitrogens with one attached hydrogen (secondary N) is 2. The van der Waals surface area contributed by atoms with Gasteiger partial charge in [-0.1, -0.05) is 41.5 Å². The first-order valence-electron chi connectivity index (χ1n) is 8.65. The molecule has 1 atom stereocenters. The summed E-state index contributed by atoms with van der Waals surface area (Å²) in [5, 5.41) is 6.15. The molecule has 22 heavy (non-hydrogen) atoms. The van der Waals surface area contributed by atoms with Crippen LogP contribution in [0, 0.1) is 5.92 Å². The highest BCUT2D eigenvalue weighted by Gasteiger charge is 2.22. The van der Waals surface area contributed by atoms with Crippen LogP contribution >= 0.6 is 0 Å². The summed E-state index contributed by atoms with van der Waals surface area (Å²) in [5.74, 6) is -0.0917. The topological polar surface area (TPSA) is 84.2 Å². The molecule has 4 N–H and O–H groups in total. The lowest BCUT2D eigenvalue weighted by molar-refractivity contribution is -0.129. The Labute approximate surface area is 141 Å². The van der Waals surface area contributed by atoms with E-state index < -0.39 is 0 Å². The molecular weight excluding hydrogens is 278 g/mol. The van der Waals surface area contributed by atoms with Crippen LogP contribution in [0.5, 0.6) is 0 Å². The molecule has 138 valence electrons. The number of rotatable bonds is 11. The number of amides is 1. The van der Waals surface area contributed by atoms with Crippen molar-refractivity contribution in [3.05, 3.63) is 0 Å². The minimum atomic E-state index is -0.368. The van der Waals surface area contributed by atoms with Crippen molar-refractivity contribution in [2.24, 2.45) is 11.7 Å². The highest BCUT2D eigenvalue weighted by molar-refractivity contribution is 5.90. The number of unbranched alkanes of at least 4 members (excludes halogenated alkanes) is 1. The maximum Gasteiger partial charge on any atom is 0.221 e. The smallest absolute Gasteiger partial charge is 0.221 e. The zero-order valence-corrected chi connectivity index (χ0v) is 15.4. The van der Waals surface area contributed by atoms with Gasteiger partial charge in [-0.3, -0.25) is 9.59 Å². The van der Waals surface area contributed by atoms with Gasteiger partial charge in [-0.25, -0.2) is 0 Å². The van der Waals surface area contributed by atoms with Crippen LogP contribution in [-0.2, 0) is 9.59 Å². The van der Waals surface area contributed by atoms with Gasteiger partial charge in [-0.15, -0.1) is 0 Å². The summed E-state index contributed by atoms with van der Waals surface area (Å²) in [4.78, 5) is 23.7. The molecular formula is C17H43N3O2. The first kappa shape index (κ1) is 23.3. The Morgan fingerprint density at radius 2 is 1.68 bits per heavy atom. The number of ketones is 1. The zero-order chi connectivity index (χ0) is 17.5. The van der Waals surface area contributed by atoms with Crippen LogP contribution in [0.1, 0.15) is 71.5 Å². The average Bonchev–Trinajstić information content (AvgIpc) is 2.46. The molecule has 1 unspecified atom stereocenters. The van der Waals surface area contributed by atoms with Crippen molar-refractivity contribution in [2.75, 3.05) is 13.1 Å². The van der Waals surface area contributed by atoms with E-state index in [4.69, 9.17) is 5.73 Å². The van der Waals surface area contributed by atoms with Gasteiger partial charge < -0.3 is 16.4 Å². The molecule has 0 saturated heterocycles. The Balaban J connectivity index is -0.000000256. The van der Waals surface area contributed by atoms with Gasteiger partial charge in [0, 0.05) is 29.2 Å². The zero-order valence-electron chi connectivity index (χ0n) is 15.4. The van der Waals surface area contributed by atoms with E-state index in [0.717, 1.165) is 19.4 Å². The lowest BCUT2D eigenvalue weighted by Crippen LogP contribution is -2.43. The number of Topliss-reactive ketones (excluding diaryl/α,β-unsaturated/α-hetero) is 1. The molecule has 0 rings (SSSR count). The SMILES string of the molecule is CC.CC(C)NCCCCC(NC(=O)CCN)C(=O)C(C)C.[HH].[HH].[HH]. The summed E-state index contributed by atoms with van der Waals surface area (Å²) >= 11 is 0. The van der Waals surface area contributed by atoms with E-state index in [9.17, 15) is 9.59 Å². The lowest BCUT2D eigenvalue weighted by atomic mass is 9.97. The molecule has 0 aromatic rings. The maximum absolute atomic E-state index is 12.1. The first-order chi connectivity index (χ1) is 10.4. The Bertz CT molecular complexity index is 305. The Hall–Kier alpha value is -0.940. The van der Waals surface area contributed by atoms with Crippen molar-refractivity contribution in [1.29, 1.82) is 0 Å². The average molecular weight is 322 g/mol. The van der Waals surface area contributed by atoms with E-state index in [1.807, 2.05) is 27.7 Å². The Morgan fingerprint density at radius 1 is 1.09 bits per heavy atom.